The third-order valence-corrected chi connectivity index (χ3v) is 7.40. The maximum absolute atomic E-state index is 13.1. The van der Waals surface area contributed by atoms with Crippen molar-refractivity contribution in [3.63, 3.8) is 0 Å². The second-order valence-corrected chi connectivity index (χ2v) is 10.2. The zero-order chi connectivity index (χ0) is 25.5. The summed E-state index contributed by atoms with van der Waals surface area (Å²) in [4.78, 5) is 27.9. The Morgan fingerprint density at radius 1 is 1.11 bits per heavy atom. The first-order chi connectivity index (χ1) is 17.5. The number of nitrogens with one attached hydrogen (secondary N) is 1. The van der Waals surface area contributed by atoms with E-state index in [2.05, 4.69) is 5.32 Å². The first kappa shape index (κ1) is 26.0. The molecule has 1 aliphatic heterocycles. The van der Waals surface area contributed by atoms with E-state index >= 15 is 0 Å². The number of rotatable bonds is 9. The zero-order valence-electron chi connectivity index (χ0n) is 20.5. The van der Waals surface area contributed by atoms with Gasteiger partial charge in [0, 0.05) is 6.04 Å². The van der Waals surface area contributed by atoms with Crippen molar-refractivity contribution in [2.45, 2.75) is 45.1 Å². The molecule has 0 spiro atoms. The average Bonchev–Trinajstić information content (AvgIpc) is 3.17. The van der Waals surface area contributed by atoms with Gasteiger partial charge in [-0.1, -0.05) is 61.4 Å². The molecule has 4 rings (SSSR count). The number of thioether (sulfide) groups is 1. The SMILES string of the molecule is CCOc1ccccc1NC(=O)COc1ccc(/C=C2\SC(=S)N(C3CCCCC3)C2=O)cc1OC. The number of nitrogens with zero attached hydrogens (tertiary/aromatic N) is 1. The van der Waals surface area contributed by atoms with Crippen molar-refractivity contribution in [1.82, 2.24) is 4.90 Å². The summed E-state index contributed by atoms with van der Waals surface area (Å²) in [6, 6.07) is 12.8. The first-order valence-corrected chi connectivity index (χ1v) is 13.3. The highest BCUT2D eigenvalue weighted by molar-refractivity contribution is 8.26. The normalized spacial score (nSPS) is 17.4. The van der Waals surface area contributed by atoms with Gasteiger partial charge in [-0.3, -0.25) is 14.5 Å². The lowest BCUT2D eigenvalue weighted by atomic mass is 9.94. The van der Waals surface area contributed by atoms with Crippen molar-refractivity contribution in [2.75, 3.05) is 25.6 Å². The van der Waals surface area contributed by atoms with E-state index in [1.54, 1.807) is 29.2 Å². The van der Waals surface area contributed by atoms with Crippen molar-refractivity contribution in [1.29, 1.82) is 0 Å². The van der Waals surface area contributed by atoms with E-state index in [4.69, 9.17) is 26.4 Å². The van der Waals surface area contributed by atoms with E-state index in [9.17, 15) is 9.59 Å². The molecule has 0 unspecified atom stereocenters. The van der Waals surface area contributed by atoms with Crippen LogP contribution in [0.1, 0.15) is 44.6 Å². The standard InChI is InChI=1S/C27H30N2O5S2/c1-3-33-21-12-8-7-11-20(21)28-25(30)17-34-22-14-13-18(15-23(22)32-2)16-24-26(31)29(27(35)36-24)19-9-5-4-6-10-19/h7-8,11-16,19H,3-6,9-10,17H2,1-2H3,(H,28,30)/b24-16-. The Hall–Kier alpha value is -3.04. The Bertz CT molecular complexity index is 1160. The summed E-state index contributed by atoms with van der Waals surface area (Å²) in [7, 11) is 1.53. The summed E-state index contributed by atoms with van der Waals surface area (Å²) in [6.45, 7) is 2.18. The van der Waals surface area contributed by atoms with E-state index in [0.29, 0.717) is 38.8 Å². The first-order valence-electron chi connectivity index (χ1n) is 12.1. The minimum absolute atomic E-state index is 0.0276. The van der Waals surface area contributed by atoms with Crippen LogP contribution >= 0.6 is 24.0 Å². The van der Waals surface area contributed by atoms with Crippen LogP contribution in [-0.4, -0.2) is 47.4 Å². The van der Waals surface area contributed by atoms with Gasteiger partial charge in [-0.2, -0.15) is 0 Å². The molecular weight excluding hydrogens is 496 g/mol. The fraction of sp³-hybridized carbons (Fsp3) is 0.370. The number of anilines is 1. The smallest absolute Gasteiger partial charge is 0.266 e. The summed E-state index contributed by atoms with van der Waals surface area (Å²) in [6.07, 6.45) is 7.32. The van der Waals surface area contributed by atoms with Gasteiger partial charge in [-0.25, -0.2) is 0 Å². The van der Waals surface area contributed by atoms with Gasteiger partial charge in [0.15, 0.2) is 18.1 Å². The minimum Gasteiger partial charge on any atom is -0.493 e. The van der Waals surface area contributed by atoms with Gasteiger partial charge >= 0.3 is 0 Å². The predicted molar refractivity (Wildman–Crippen MR) is 147 cm³/mol. The molecule has 2 amide bonds. The van der Waals surface area contributed by atoms with E-state index in [0.717, 1.165) is 31.2 Å². The summed E-state index contributed by atoms with van der Waals surface area (Å²) in [5.74, 6) is 1.15. The number of ether oxygens (including phenoxy) is 3. The number of para-hydroxylation sites is 2. The van der Waals surface area contributed by atoms with Crippen molar-refractivity contribution in [3.05, 3.63) is 52.9 Å². The Morgan fingerprint density at radius 3 is 2.64 bits per heavy atom. The van der Waals surface area contributed by atoms with Gasteiger partial charge in [0.2, 0.25) is 0 Å². The van der Waals surface area contributed by atoms with Crippen LogP contribution in [0, 0.1) is 0 Å². The number of benzene rings is 2. The van der Waals surface area contributed by atoms with E-state index in [-0.39, 0.29) is 24.5 Å². The molecule has 0 aromatic heterocycles. The molecule has 1 heterocycles. The molecule has 9 heteroatoms. The predicted octanol–water partition coefficient (Wildman–Crippen LogP) is 5.65. The maximum Gasteiger partial charge on any atom is 0.266 e. The monoisotopic (exact) mass is 526 g/mol. The van der Waals surface area contributed by atoms with Crippen LogP contribution in [0.15, 0.2) is 47.4 Å². The molecule has 0 radical (unpaired) electrons. The fourth-order valence-electron chi connectivity index (χ4n) is 4.36. The van der Waals surface area contributed by atoms with Gasteiger partial charge in [-0.05, 0) is 55.7 Å². The zero-order valence-corrected chi connectivity index (χ0v) is 22.1. The van der Waals surface area contributed by atoms with Gasteiger partial charge in [0.05, 0.1) is 24.3 Å². The number of carbonyl (C=O) groups excluding carboxylic acids is 2. The minimum atomic E-state index is -0.320. The van der Waals surface area contributed by atoms with Gasteiger partial charge in [0.25, 0.3) is 11.8 Å². The largest absolute Gasteiger partial charge is 0.493 e. The van der Waals surface area contributed by atoms with Crippen LogP contribution in [0.2, 0.25) is 0 Å². The van der Waals surface area contributed by atoms with Crippen molar-refractivity contribution in [3.8, 4) is 17.2 Å². The van der Waals surface area contributed by atoms with Crippen molar-refractivity contribution < 1.29 is 23.8 Å². The molecule has 190 valence electrons. The molecule has 0 atom stereocenters. The van der Waals surface area contributed by atoms with Gasteiger partial charge in [0.1, 0.15) is 10.1 Å². The van der Waals surface area contributed by atoms with Crippen molar-refractivity contribution >= 4 is 51.9 Å². The third-order valence-electron chi connectivity index (χ3n) is 6.07. The van der Waals surface area contributed by atoms with Crippen LogP contribution in [0.25, 0.3) is 6.08 Å². The molecule has 2 aliphatic rings. The fourth-order valence-corrected chi connectivity index (χ4v) is 5.76. The van der Waals surface area contributed by atoms with Crippen LogP contribution < -0.4 is 19.5 Å². The van der Waals surface area contributed by atoms with Crippen LogP contribution in [0.5, 0.6) is 17.2 Å². The van der Waals surface area contributed by atoms with Crippen molar-refractivity contribution in [2.24, 2.45) is 0 Å². The number of hydrogen-bond donors (Lipinski definition) is 1. The summed E-state index contributed by atoms with van der Waals surface area (Å²) in [5.41, 5.74) is 1.37. The molecule has 2 fully saturated rings. The maximum atomic E-state index is 13.1. The summed E-state index contributed by atoms with van der Waals surface area (Å²) >= 11 is 6.87. The highest BCUT2D eigenvalue weighted by Crippen LogP contribution is 2.38. The highest BCUT2D eigenvalue weighted by atomic mass is 32.2. The molecule has 36 heavy (non-hydrogen) atoms. The Balaban J connectivity index is 1.41. The highest BCUT2D eigenvalue weighted by Gasteiger charge is 2.37. The summed E-state index contributed by atoms with van der Waals surface area (Å²) in [5, 5.41) is 2.81. The van der Waals surface area contributed by atoms with E-state index in [1.165, 1.54) is 25.3 Å². The van der Waals surface area contributed by atoms with E-state index < -0.39 is 0 Å². The number of carbonyl (C=O) groups is 2. The molecular formula is C27H30N2O5S2. The Kier molecular flexibility index (Phi) is 8.88. The molecule has 7 nitrogen and oxygen atoms in total. The van der Waals surface area contributed by atoms with Crippen LogP contribution in [-0.2, 0) is 9.59 Å². The number of hydrogen-bond acceptors (Lipinski definition) is 7. The third kappa shape index (κ3) is 6.20. The number of methoxy groups -OCH3 is 1. The Labute approximate surface area is 221 Å². The Morgan fingerprint density at radius 2 is 1.89 bits per heavy atom. The quantitative estimate of drug-likeness (QED) is 0.334. The lowest BCUT2D eigenvalue weighted by molar-refractivity contribution is -0.124. The molecule has 1 saturated carbocycles. The molecule has 1 saturated heterocycles. The summed E-state index contributed by atoms with van der Waals surface area (Å²) < 4.78 is 17.4. The van der Waals surface area contributed by atoms with Gasteiger partial charge in [-0.15, -0.1) is 0 Å². The van der Waals surface area contributed by atoms with Crippen LogP contribution in [0.4, 0.5) is 5.69 Å². The lowest BCUT2D eigenvalue weighted by Gasteiger charge is -2.29. The van der Waals surface area contributed by atoms with Gasteiger partial charge < -0.3 is 19.5 Å². The second-order valence-electron chi connectivity index (χ2n) is 8.52. The average molecular weight is 527 g/mol. The number of thiocarbonyl (C=S) groups is 1. The molecule has 0 bridgehead atoms. The lowest BCUT2D eigenvalue weighted by Crippen LogP contribution is -2.39. The van der Waals surface area contributed by atoms with Crippen LogP contribution in [0.3, 0.4) is 0 Å². The molecule has 1 aliphatic carbocycles. The topological polar surface area (TPSA) is 77.1 Å². The molecule has 2 aromatic carbocycles. The molecule has 1 N–H and O–H groups in total. The second kappa shape index (κ2) is 12.3. The molecule has 2 aromatic rings. The number of amides is 2. The van der Waals surface area contributed by atoms with E-state index in [1.807, 2.05) is 31.2 Å².